The van der Waals surface area contributed by atoms with Gasteiger partial charge >= 0.3 is 5.97 Å². The van der Waals surface area contributed by atoms with Gasteiger partial charge in [-0.15, -0.1) is 0 Å². The van der Waals surface area contributed by atoms with Crippen LogP contribution in [0.4, 0.5) is 0 Å². The van der Waals surface area contributed by atoms with Crippen LogP contribution in [-0.4, -0.2) is 49.7 Å². The smallest absolute Gasteiger partial charge is 0.338 e. The van der Waals surface area contributed by atoms with Gasteiger partial charge in [-0.1, -0.05) is 44.7 Å². The number of esters is 1. The summed E-state index contributed by atoms with van der Waals surface area (Å²) >= 11 is 0. The van der Waals surface area contributed by atoms with Crippen molar-refractivity contribution in [2.75, 3.05) is 26.4 Å². The number of hydrogen-bond acceptors (Lipinski definition) is 6. The molecule has 2 atom stereocenters. The Morgan fingerprint density at radius 2 is 1.45 bits per heavy atom. The van der Waals surface area contributed by atoms with Gasteiger partial charge in [0.2, 0.25) is 0 Å². The van der Waals surface area contributed by atoms with E-state index in [9.17, 15) is 9.90 Å². The highest BCUT2D eigenvalue weighted by molar-refractivity contribution is 5.88. The molecule has 1 N–H and O–H groups in total. The van der Waals surface area contributed by atoms with E-state index in [1.54, 1.807) is 31.2 Å². The highest BCUT2D eigenvalue weighted by Gasteiger charge is 2.26. The Morgan fingerprint density at radius 3 is 1.87 bits per heavy atom. The van der Waals surface area contributed by atoms with E-state index >= 15 is 0 Å². The minimum Gasteiger partial charge on any atom is -0.508 e. The van der Waals surface area contributed by atoms with Gasteiger partial charge in [0.05, 0.1) is 26.4 Å². The Hall–Kier alpha value is -2.67. The van der Waals surface area contributed by atoms with E-state index < -0.39 is 5.97 Å². The monoisotopic (exact) mass is 426 g/mol. The van der Waals surface area contributed by atoms with Crippen molar-refractivity contribution in [2.24, 2.45) is 0 Å². The lowest BCUT2D eigenvalue weighted by Gasteiger charge is -2.26. The molecule has 2 aliphatic rings. The molecule has 0 radical (unpaired) electrons. The van der Waals surface area contributed by atoms with E-state index in [2.05, 4.69) is 20.4 Å². The maximum absolute atomic E-state index is 11.5. The number of phenolic OH excluding ortho intramolecular Hbond substituents is 1. The third-order valence-corrected chi connectivity index (χ3v) is 5.14. The summed E-state index contributed by atoms with van der Waals surface area (Å²) in [6.45, 7) is 12.6. The normalized spacial score (nSPS) is 19.1. The molecule has 2 unspecified atom stereocenters. The van der Waals surface area contributed by atoms with Gasteiger partial charge in [0, 0.05) is 11.0 Å². The van der Waals surface area contributed by atoms with Gasteiger partial charge in [-0.25, -0.2) is 4.79 Å². The fraction of sp³-hybridized carbons (Fsp3) is 0.400. The molecular weight excluding hydrogens is 396 g/mol. The lowest BCUT2D eigenvalue weighted by Crippen LogP contribution is -2.18. The van der Waals surface area contributed by atoms with Crippen molar-refractivity contribution in [3.05, 3.63) is 71.8 Å². The van der Waals surface area contributed by atoms with E-state index in [0.717, 1.165) is 37.6 Å². The Labute approximate surface area is 183 Å². The summed E-state index contributed by atoms with van der Waals surface area (Å²) in [5, 5.41) is 9.40. The SMILES string of the molecule is C(OCC1CO1)C1CO1.C=C(C)C(=O)Oc1ccc(C(C)(C)c2ccc(O)cc2)cc1. The predicted octanol–water partition coefficient (Wildman–Crippen LogP) is 4.00. The molecular formula is C25H30O6. The zero-order chi connectivity index (χ0) is 22.4. The standard InChI is InChI=1S/C19H20O3.C6H10O3/c1-13(2)18(21)22-17-11-7-15(8-12-17)19(3,4)14-5-9-16(20)10-6-14;1(5-3-8-5)7-2-6-4-9-6/h5-12,20H,1H2,2-4H3;5-6H,1-4H2. The van der Waals surface area contributed by atoms with Crippen molar-refractivity contribution in [1.82, 2.24) is 0 Å². The molecule has 2 aliphatic heterocycles. The van der Waals surface area contributed by atoms with Crippen LogP contribution in [0.1, 0.15) is 31.9 Å². The maximum atomic E-state index is 11.5. The molecule has 2 aromatic rings. The molecule has 2 saturated heterocycles. The third-order valence-electron chi connectivity index (χ3n) is 5.14. The summed E-state index contributed by atoms with van der Waals surface area (Å²) in [5.74, 6) is 0.324. The van der Waals surface area contributed by atoms with Gasteiger partial charge in [-0.2, -0.15) is 0 Å². The van der Waals surface area contributed by atoms with Gasteiger partial charge in [0.25, 0.3) is 0 Å². The van der Waals surface area contributed by atoms with Crippen LogP contribution in [0.15, 0.2) is 60.7 Å². The van der Waals surface area contributed by atoms with Crippen LogP contribution in [-0.2, 0) is 24.4 Å². The van der Waals surface area contributed by atoms with Crippen LogP contribution in [0.2, 0.25) is 0 Å². The van der Waals surface area contributed by atoms with Crippen molar-refractivity contribution in [2.45, 2.75) is 38.4 Å². The first-order valence-electron chi connectivity index (χ1n) is 10.3. The van der Waals surface area contributed by atoms with Gasteiger partial charge in [0.1, 0.15) is 23.7 Å². The Bertz CT molecular complexity index is 865. The molecule has 2 aromatic carbocycles. The first kappa shape index (κ1) is 23.0. The number of carbonyl (C=O) groups is 1. The first-order valence-corrected chi connectivity index (χ1v) is 10.3. The maximum Gasteiger partial charge on any atom is 0.338 e. The predicted molar refractivity (Wildman–Crippen MR) is 117 cm³/mol. The molecule has 0 aromatic heterocycles. The molecule has 6 nitrogen and oxygen atoms in total. The topological polar surface area (TPSA) is 80.8 Å². The summed E-state index contributed by atoms with van der Waals surface area (Å²) < 4.78 is 20.3. The number of hydrogen-bond donors (Lipinski definition) is 1. The van der Waals surface area contributed by atoms with Gasteiger partial charge in [-0.3, -0.25) is 0 Å². The van der Waals surface area contributed by atoms with E-state index in [1.165, 1.54) is 0 Å². The molecule has 0 spiro atoms. The van der Waals surface area contributed by atoms with Crippen LogP contribution in [0, 0.1) is 0 Å². The molecule has 166 valence electrons. The second-order valence-electron chi connectivity index (χ2n) is 8.31. The average Bonchev–Trinajstić information content (AvgIpc) is 3.65. The lowest BCUT2D eigenvalue weighted by atomic mass is 9.78. The second kappa shape index (κ2) is 10.1. The number of benzene rings is 2. The van der Waals surface area contributed by atoms with Gasteiger partial charge in [0.15, 0.2) is 0 Å². The van der Waals surface area contributed by atoms with Gasteiger partial charge < -0.3 is 24.1 Å². The summed E-state index contributed by atoms with van der Waals surface area (Å²) in [6.07, 6.45) is 0.785. The van der Waals surface area contributed by atoms with E-state index in [0.29, 0.717) is 23.5 Å². The van der Waals surface area contributed by atoms with Crippen LogP contribution in [0.3, 0.4) is 0 Å². The van der Waals surface area contributed by atoms with Crippen molar-refractivity contribution < 1.29 is 28.8 Å². The Morgan fingerprint density at radius 1 is 1.00 bits per heavy atom. The van der Waals surface area contributed by atoms with Crippen LogP contribution < -0.4 is 4.74 Å². The highest BCUT2D eigenvalue weighted by atomic mass is 16.6. The molecule has 4 rings (SSSR count). The number of rotatable bonds is 8. The fourth-order valence-electron chi connectivity index (χ4n) is 2.84. The number of epoxide rings is 2. The van der Waals surface area contributed by atoms with E-state index in [-0.39, 0.29) is 11.2 Å². The molecule has 6 heteroatoms. The van der Waals surface area contributed by atoms with Crippen molar-refractivity contribution in [1.29, 1.82) is 0 Å². The largest absolute Gasteiger partial charge is 0.508 e. The van der Waals surface area contributed by atoms with Gasteiger partial charge in [-0.05, 0) is 42.3 Å². The third kappa shape index (κ3) is 7.21. The van der Waals surface area contributed by atoms with Crippen molar-refractivity contribution in [3.8, 4) is 11.5 Å². The minimum absolute atomic E-state index is 0.218. The van der Waals surface area contributed by atoms with Crippen LogP contribution in [0.5, 0.6) is 11.5 Å². The van der Waals surface area contributed by atoms with E-state index in [1.807, 2.05) is 24.3 Å². The number of phenols is 1. The first-order chi connectivity index (χ1) is 14.8. The molecule has 0 saturated carbocycles. The summed E-state index contributed by atoms with van der Waals surface area (Å²) in [4.78, 5) is 11.5. The number of ether oxygens (including phenoxy) is 4. The quantitative estimate of drug-likeness (QED) is 0.297. The van der Waals surface area contributed by atoms with Crippen LogP contribution >= 0.6 is 0 Å². The lowest BCUT2D eigenvalue weighted by molar-refractivity contribution is -0.130. The Kier molecular flexibility index (Phi) is 7.49. The molecule has 0 bridgehead atoms. The second-order valence-corrected chi connectivity index (χ2v) is 8.31. The minimum atomic E-state index is -0.425. The highest BCUT2D eigenvalue weighted by Crippen LogP contribution is 2.33. The zero-order valence-electron chi connectivity index (χ0n) is 18.3. The zero-order valence-corrected chi connectivity index (χ0v) is 18.3. The fourth-order valence-corrected chi connectivity index (χ4v) is 2.84. The molecule has 2 heterocycles. The molecule has 0 aliphatic carbocycles. The molecule has 31 heavy (non-hydrogen) atoms. The van der Waals surface area contributed by atoms with E-state index in [4.69, 9.17) is 18.9 Å². The van der Waals surface area contributed by atoms with Crippen molar-refractivity contribution in [3.63, 3.8) is 0 Å². The Balaban J connectivity index is 0.000000248. The van der Waals surface area contributed by atoms with Crippen LogP contribution in [0.25, 0.3) is 0 Å². The summed E-state index contributed by atoms with van der Waals surface area (Å²) in [5.41, 5.74) is 2.34. The number of aromatic hydroxyl groups is 1. The summed E-state index contributed by atoms with van der Waals surface area (Å²) in [7, 11) is 0. The van der Waals surface area contributed by atoms with Crippen molar-refractivity contribution >= 4 is 5.97 Å². The molecule has 2 fully saturated rings. The summed E-state index contributed by atoms with van der Waals surface area (Å²) in [6, 6.07) is 14.6. The molecule has 0 amide bonds. The average molecular weight is 427 g/mol. The number of carbonyl (C=O) groups excluding carboxylic acids is 1.